The molecule has 1 nitrogen and oxygen atoms in total. The van der Waals surface area contributed by atoms with Crippen LogP contribution in [0, 0.1) is 25.2 Å². The van der Waals surface area contributed by atoms with E-state index in [4.69, 9.17) is 16.9 Å². The average Bonchev–Trinajstić information content (AvgIpc) is 2.03. The molecule has 0 aliphatic heterocycles. The van der Waals surface area contributed by atoms with Crippen LogP contribution in [0.25, 0.3) is 0 Å². The highest BCUT2D eigenvalue weighted by Crippen LogP contribution is 2.23. The Morgan fingerprint density at radius 2 is 2.08 bits per heavy atom. The molecule has 1 aromatic carbocycles. The maximum Gasteiger partial charge on any atom is 0.145 e. The van der Waals surface area contributed by atoms with E-state index in [2.05, 4.69) is 0 Å². The molecule has 0 saturated carbocycles. The number of hydrogen-bond acceptors (Lipinski definition) is 1. The molecule has 1 aromatic rings. The quantitative estimate of drug-likeness (QED) is 0.608. The number of hydrogen-bond donors (Lipinski definition) is 0. The van der Waals surface area contributed by atoms with Crippen LogP contribution in [0.15, 0.2) is 18.2 Å². The van der Waals surface area contributed by atoms with E-state index in [-0.39, 0.29) is 0 Å². The smallest absolute Gasteiger partial charge is 0.145 e. The Bertz CT molecular complexity index is 325. The van der Waals surface area contributed by atoms with Crippen molar-refractivity contribution in [2.75, 3.05) is 0 Å². The van der Waals surface area contributed by atoms with Gasteiger partial charge in [-0.2, -0.15) is 5.26 Å². The molecular formula is C10H10ClN. The Hall–Kier alpha value is -1.00. The molecule has 0 heterocycles. The lowest BCUT2D eigenvalue weighted by Gasteiger charge is -2.05. The van der Waals surface area contributed by atoms with Crippen LogP contribution in [-0.4, -0.2) is 0 Å². The lowest BCUT2D eigenvalue weighted by molar-refractivity contribution is 1.16. The summed E-state index contributed by atoms with van der Waals surface area (Å²) in [5, 5.41) is 8.08. The summed E-state index contributed by atoms with van der Waals surface area (Å²) >= 11 is 5.79. The van der Waals surface area contributed by atoms with E-state index < -0.39 is 5.38 Å². The molecule has 0 N–H and O–H groups in total. The normalized spacial score (nSPS) is 12.2. The molecule has 0 fully saturated rings. The lowest BCUT2D eigenvalue weighted by atomic mass is 10.0. The van der Waals surface area contributed by atoms with Crippen molar-refractivity contribution in [2.45, 2.75) is 19.2 Å². The zero-order valence-corrected chi connectivity index (χ0v) is 7.89. The molecule has 0 amide bonds. The topological polar surface area (TPSA) is 23.8 Å². The van der Waals surface area contributed by atoms with Gasteiger partial charge in [0.25, 0.3) is 0 Å². The number of nitriles is 1. The summed E-state index contributed by atoms with van der Waals surface area (Å²) in [7, 11) is 0. The minimum Gasteiger partial charge on any atom is -0.196 e. The van der Waals surface area contributed by atoms with Crippen LogP contribution in [0.4, 0.5) is 0 Å². The molecular weight excluding hydrogens is 170 g/mol. The molecule has 12 heavy (non-hydrogen) atoms. The minimum absolute atomic E-state index is 0.523. The zero-order valence-electron chi connectivity index (χ0n) is 7.13. The summed E-state index contributed by atoms with van der Waals surface area (Å²) in [6, 6.07) is 7.91. The van der Waals surface area contributed by atoms with E-state index in [9.17, 15) is 0 Å². The van der Waals surface area contributed by atoms with Gasteiger partial charge in [0.05, 0.1) is 6.07 Å². The summed E-state index contributed by atoms with van der Waals surface area (Å²) in [5.41, 5.74) is 3.18. The van der Waals surface area contributed by atoms with Gasteiger partial charge in [0.1, 0.15) is 5.38 Å². The van der Waals surface area contributed by atoms with Crippen LogP contribution in [0.1, 0.15) is 22.1 Å². The molecule has 62 valence electrons. The molecule has 1 atom stereocenters. The second kappa shape index (κ2) is 3.60. The minimum atomic E-state index is -0.523. The maximum atomic E-state index is 8.60. The van der Waals surface area contributed by atoms with Gasteiger partial charge < -0.3 is 0 Å². The number of aryl methyl sites for hydroxylation is 2. The molecule has 0 spiro atoms. The van der Waals surface area contributed by atoms with E-state index in [1.54, 1.807) is 0 Å². The molecule has 2 heteroatoms. The SMILES string of the molecule is Cc1ccc(C(Cl)C#N)c(C)c1. The highest BCUT2D eigenvalue weighted by molar-refractivity contribution is 6.22. The van der Waals surface area contributed by atoms with Gasteiger partial charge in [-0.3, -0.25) is 0 Å². The van der Waals surface area contributed by atoms with Crippen molar-refractivity contribution in [3.63, 3.8) is 0 Å². The maximum absolute atomic E-state index is 8.60. The van der Waals surface area contributed by atoms with Crippen LogP contribution < -0.4 is 0 Å². The second-order valence-electron chi connectivity index (χ2n) is 2.85. The van der Waals surface area contributed by atoms with Gasteiger partial charge in [-0.05, 0) is 25.0 Å². The fraction of sp³-hybridized carbons (Fsp3) is 0.300. The van der Waals surface area contributed by atoms with Crippen LogP contribution in [0.2, 0.25) is 0 Å². The number of halogens is 1. The monoisotopic (exact) mass is 179 g/mol. The van der Waals surface area contributed by atoms with Gasteiger partial charge in [-0.1, -0.05) is 23.8 Å². The molecule has 0 aromatic heterocycles. The third-order valence-electron chi connectivity index (χ3n) is 1.81. The summed E-state index contributed by atoms with van der Waals surface area (Å²) < 4.78 is 0. The average molecular weight is 180 g/mol. The first-order valence-electron chi connectivity index (χ1n) is 3.76. The fourth-order valence-electron chi connectivity index (χ4n) is 1.18. The highest BCUT2D eigenvalue weighted by atomic mass is 35.5. The Balaban J connectivity index is 3.11. The van der Waals surface area contributed by atoms with Gasteiger partial charge in [0.15, 0.2) is 0 Å². The molecule has 1 rings (SSSR count). The third kappa shape index (κ3) is 1.78. The van der Waals surface area contributed by atoms with Crippen molar-refractivity contribution in [3.05, 3.63) is 34.9 Å². The van der Waals surface area contributed by atoms with Crippen molar-refractivity contribution in [1.82, 2.24) is 0 Å². The molecule has 0 aliphatic rings. The summed E-state index contributed by atoms with van der Waals surface area (Å²) in [4.78, 5) is 0. The van der Waals surface area contributed by atoms with Gasteiger partial charge in [0.2, 0.25) is 0 Å². The van der Waals surface area contributed by atoms with Crippen molar-refractivity contribution < 1.29 is 0 Å². The summed E-state index contributed by atoms with van der Waals surface area (Å²) in [6.07, 6.45) is 0. The van der Waals surface area contributed by atoms with Crippen molar-refractivity contribution in [3.8, 4) is 6.07 Å². The van der Waals surface area contributed by atoms with E-state index in [1.807, 2.05) is 38.1 Å². The molecule has 0 saturated heterocycles. The Kier molecular flexibility index (Phi) is 2.73. The largest absolute Gasteiger partial charge is 0.196 e. The van der Waals surface area contributed by atoms with Crippen molar-refractivity contribution in [1.29, 1.82) is 5.26 Å². The van der Waals surface area contributed by atoms with Crippen molar-refractivity contribution in [2.24, 2.45) is 0 Å². The van der Waals surface area contributed by atoms with Crippen LogP contribution >= 0.6 is 11.6 Å². The predicted octanol–water partition coefficient (Wildman–Crippen LogP) is 3.11. The zero-order chi connectivity index (χ0) is 9.14. The standard InChI is InChI=1S/C10H10ClN/c1-7-3-4-9(8(2)5-7)10(11)6-12/h3-5,10H,1-2H3. The summed E-state index contributed by atoms with van der Waals surface area (Å²) in [6.45, 7) is 3.99. The Morgan fingerprint density at radius 1 is 1.42 bits per heavy atom. The van der Waals surface area contributed by atoms with Crippen LogP contribution in [-0.2, 0) is 0 Å². The predicted molar refractivity (Wildman–Crippen MR) is 50.1 cm³/mol. The van der Waals surface area contributed by atoms with Crippen LogP contribution in [0.3, 0.4) is 0 Å². The summed E-state index contributed by atoms with van der Waals surface area (Å²) in [5.74, 6) is 0. The molecule has 1 unspecified atom stereocenters. The van der Waals surface area contributed by atoms with E-state index in [0.29, 0.717) is 0 Å². The molecule has 0 radical (unpaired) electrons. The van der Waals surface area contributed by atoms with E-state index in [1.165, 1.54) is 5.56 Å². The van der Waals surface area contributed by atoms with E-state index in [0.717, 1.165) is 11.1 Å². The first-order chi connectivity index (χ1) is 5.65. The number of nitrogens with zero attached hydrogens (tertiary/aromatic N) is 1. The van der Waals surface area contributed by atoms with Crippen LogP contribution in [0.5, 0.6) is 0 Å². The Morgan fingerprint density at radius 3 is 2.58 bits per heavy atom. The number of benzene rings is 1. The number of alkyl halides is 1. The molecule has 0 aliphatic carbocycles. The first-order valence-corrected chi connectivity index (χ1v) is 4.19. The van der Waals surface area contributed by atoms with Gasteiger partial charge in [-0.15, -0.1) is 11.6 Å². The van der Waals surface area contributed by atoms with Crippen molar-refractivity contribution >= 4 is 11.6 Å². The first kappa shape index (κ1) is 9.09. The molecule has 0 bridgehead atoms. The lowest BCUT2D eigenvalue weighted by Crippen LogP contribution is -1.91. The number of rotatable bonds is 1. The van der Waals surface area contributed by atoms with Gasteiger partial charge in [-0.25, -0.2) is 0 Å². The Labute approximate surface area is 77.6 Å². The van der Waals surface area contributed by atoms with E-state index >= 15 is 0 Å². The van der Waals surface area contributed by atoms with Gasteiger partial charge in [0, 0.05) is 0 Å². The fourth-order valence-corrected chi connectivity index (χ4v) is 1.42. The highest BCUT2D eigenvalue weighted by Gasteiger charge is 2.08. The third-order valence-corrected chi connectivity index (χ3v) is 2.14. The van der Waals surface area contributed by atoms with Gasteiger partial charge >= 0.3 is 0 Å². The second-order valence-corrected chi connectivity index (χ2v) is 3.29.